The van der Waals surface area contributed by atoms with Crippen LogP contribution in [0.25, 0.3) is 0 Å². The molecule has 4 heteroatoms. The molecule has 2 rings (SSSR count). The van der Waals surface area contributed by atoms with Crippen molar-refractivity contribution in [1.29, 1.82) is 0 Å². The first-order valence-electron chi connectivity index (χ1n) is 7.96. The van der Waals surface area contributed by atoms with Gasteiger partial charge in [0.15, 0.2) is 5.11 Å². The lowest BCUT2D eigenvalue weighted by Crippen LogP contribution is -2.27. The Morgan fingerprint density at radius 2 is 1.61 bits per heavy atom. The zero-order valence-electron chi connectivity index (χ0n) is 13.9. The van der Waals surface area contributed by atoms with Gasteiger partial charge in [-0.15, -0.1) is 0 Å². The summed E-state index contributed by atoms with van der Waals surface area (Å²) >= 11 is 5.33. The number of benzene rings is 2. The Morgan fingerprint density at radius 3 is 2.17 bits per heavy atom. The summed E-state index contributed by atoms with van der Waals surface area (Å²) in [5.74, 6) is 0.889. The molecule has 0 saturated heterocycles. The molecule has 0 unspecified atom stereocenters. The van der Waals surface area contributed by atoms with Gasteiger partial charge in [-0.1, -0.05) is 31.2 Å². The third kappa shape index (κ3) is 5.91. The second-order valence-corrected chi connectivity index (χ2v) is 6.08. The Morgan fingerprint density at radius 1 is 1.00 bits per heavy atom. The first-order chi connectivity index (χ1) is 11.1. The molecule has 0 fully saturated rings. The fourth-order valence-electron chi connectivity index (χ4n) is 2.14. The molecule has 0 spiro atoms. The van der Waals surface area contributed by atoms with Crippen molar-refractivity contribution in [2.24, 2.45) is 0 Å². The molecule has 2 aromatic carbocycles. The minimum atomic E-state index is 0.190. The first kappa shape index (κ1) is 17.3. The monoisotopic (exact) mass is 328 g/mol. The molecule has 0 heterocycles. The van der Waals surface area contributed by atoms with Gasteiger partial charge in [0.05, 0.1) is 6.10 Å². The van der Waals surface area contributed by atoms with Crippen molar-refractivity contribution in [2.45, 2.75) is 39.8 Å². The molecule has 0 aliphatic carbocycles. The molecule has 0 bridgehead atoms. The lowest BCUT2D eigenvalue weighted by Gasteiger charge is -2.12. The summed E-state index contributed by atoms with van der Waals surface area (Å²) < 4.78 is 5.63. The molecule has 0 radical (unpaired) electrons. The van der Waals surface area contributed by atoms with Crippen LogP contribution >= 0.6 is 12.2 Å². The summed E-state index contributed by atoms with van der Waals surface area (Å²) in [5.41, 5.74) is 3.48. The smallest absolute Gasteiger partial charge is 0.171 e. The van der Waals surface area contributed by atoms with Gasteiger partial charge < -0.3 is 15.4 Å². The number of hydrogen-bond acceptors (Lipinski definition) is 2. The second-order valence-electron chi connectivity index (χ2n) is 5.67. The van der Waals surface area contributed by atoms with E-state index in [9.17, 15) is 0 Å². The third-order valence-electron chi connectivity index (χ3n) is 3.37. The van der Waals surface area contributed by atoms with Gasteiger partial charge in [-0.25, -0.2) is 0 Å². The van der Waals surface area contributed by atoms with E-state index in [0.717, 1.165) is 23.4 Å². The Bertz CT molecular complexity index is 621. The molecule has 2 aromatic rings. The van der Waals surface area contributed by atoms with E-state index in [4.69, 9.17) is 17.0 Å². The summed E-state index contributed by atoms with van der Waals surface area (Å²) in [7, 11) is 0. The number of anilines is 1. The number of aryl methyl sites for hydroxylation is 1. The van der Waals surface area contributed by atoms with E-state index >= 15 is 0 Å². The second kappa shape index (κ2) is 8.53. The van der Waals surface area contributed by atoms with E-state index in [1.54, 1.807) is 0 Å². The van der Waals surface area contributed by atoms with Crippen LogP contribution in [-0.4, -0.2) is 11.2 Å². The largest absolute Gasteiger partial charge is 0.491 e. The van der Waals surface area contributed by atoms with Crippen molar-refractivity contribution in [2.75, 3.05) is 5.32 Å². The van der Waals surface area contributed by atoms with Gasteiger partial charge in [0.25, 0.3) is 0 Å². The topological polar surface area (TPSA) is 33.3 Å². The van der Waals surface area contributed by atoms with Crippen molar-refractivity contribution in [3.63, 3.8) is 0 Å². The van der Waals surface area contributed by atoms with Crippen molar-refractivity contribution in [3.05, 3.63) is 59.7 Å². The highest BCUT2D eigenvalue weighted by Gasteiger charge is 2.00. The maximum atomic E-state index is 5.63. The molecule has 0 amide bonds. The van der Waals surface area contributed by atoms with Gasteiger partial charge in [0, 0.05) is 12.2 Å². The Balaban J connectivity index is 1.81. The summed E-state index contributed by atoms with van der Waals surface area (Å²) in [6, 6.07) is 16.4. The molecule has 2 N–H and O–H groups in total. The average molecular weight is 328 g/mol. The van der Waals surface area contributed by atoms with Gasteiger partial charge >= 0.3 is 0 Å². The van der Waals surface area contributed by atoms with E-state index in [0.29, 0.717) is 11.7 Å². The van der Waals surface area contributed by atoms with Crippen LogP contribution in [0.2, 0.25) is 0 Å². The van der Waals surface area contributed by atoms with E-state index in [-0.39, 0.29) is 6.10 Å². The average Bonchev–Trinajstić information content (AvgIpc) is 2.54. The summed E-state index contributed by atoms with van der Waals surface area (Å²) in [6.45, 7) is 6.87. The van der Waals surface area contributed by atoms with Crippen LogP contribution in [0, 0.1) is 0 Å². The van der Waals surface area contributed by atoms with Gasteiger partial charge in [-0.3, -0.25) is 0 Å². The standard InChI is InChI=1S/C19H24N2OS/c1-4-15-5-9-17(10-6-15)21-19(23)20-13-16-7-11-18(12-8-16)22-14(2)3/h5-12,14H,4,13H2,1-3H3,(H2,20,21,23). The van der Waals surface area contributed by atoms with Gasteiger partial charge in [-0.05, 0) is 67.9 Å². The van der Waals surface area contributed by atoms with Gasteiger partial charge in [0.1, 0.15) is 5.75 Å². The number of nitrogens with one attached hydrogen (secondary N) is 2. The van der Waals surface area contributed by atoms with Crippen LogP contribution in [0.3, 0.4) is 0 Å². The Kier molecular flexibility index (Phi) is 6.41. The predicted octanol–water partition coefficient (Wildman–Crippen LogP) is 4.52. The van der Waals surface area contributed by atoms with Gasteiger partial charge in [-0.2, -0.15) is 0 Å². The van der Waals surface area contributed by atoms with Gasteiger partial charge in [0.2, 0.25) is 0 Å². The zero-order valence-corrected chi connectivity index (χ0v) is 14.7. The normalized spacial score (nSPS) is 10.4. The third-order valence-corrected chi connectivity index (χ3v) is 3.61. The van der Waals surface area contributed by atoms with E-state index in [1.165, 1.54) is 5.56 Å². The highest BCUT2D eigenvalue weighted by atomic mass is 32.1. The molecule has 0 aliphatic rings. The van der Waals surface area contributed by atoms with Crippen molar-refractivity contribution in [3.8, 4) is 5.75 Å². The van der Waals surface area contributed by atoms with Crippen LogP contribution in [-0.2, 0) is 13.0 Å². The quantitative estimate of drug-likeness (QED) is 0.764. The SMILES string of the molecule is CCc1ccc(NC(=S)NCc2ccc(OC(C)C)cc2)cc1. The van der Waals surface area contributed by atoms with Crippen LogP contribution in [0.5, 0.6) is 5.75 Å². The zero-order chi connectivity index (χ0) is 16.7. The molecule has 122 valence electrons. The Hall–Kier alpha value is -2.07. The molecular weight excluding hydrogens is 304 g/mol. The minimum absolute atomic E-state index is 0.190. The lowest BCUT2D eigenvalue weighted by molar-refractivity contribution is 0.242. The number of hydrogen-bond donors (Lipinski definition) is 2. The molecule has 23 heavy (non-hydrogen) atoms. The van der Waals surface area contributed by atoms with Crippen LogP contribution in [0.15, 0.2) is 48.5 Å². The van der Waals surface area contributed by atoms with Crippen LogP contribution < -0.4 is 15.4 Å². The van der Waals surface area contributed by atoms with Crippen LogP contribution in [0.1, 0.15) is 31.9 Å². The van der Waals surface area contributed by atoms with Crippen molar-refractivity contribution >= 4 is 23.0 Å². The predicted molar refractivity (Wildman–Crippen MR) is 101 cm³/mol. The lowest BCUT2D eigenvalue weighted by atomic mass is 10.1. The Labute approximate surface area is 144 Å². The molecule has 0 atom stereocenters. The first-order valence-corrected chi connectivity index (χ1v) is 8.37. The molecule has 0 aromatic heterocycles. The highest BCUT2D eigenvalue weighted by molar-refractivity contribution is 7.80. The maximum Gasteiger partial charge on any atom is 0.171 e. The van der Waals surface area contributed by atoms with E-state index in [1.807, 2.05) is 50.2 Å². The molecular formula is C19H24N2OS. The number of thiocarbonyl (C=S) groups is 1. The fraction of sp³-hybridized carbons (Fsp3) is 0.316. The molecule has 0 aliphatic heterocycles. The summed E-state index contributed by atoms with van der Waals surface area (Å²) in [6.07, 6.45) is 1.23. The molecule has 3 nitrogen and oxygen atoms in total. The van der Waals surface area contributed by atoms with Crippen molar-refractivity contribution < 1.29 is 4.74 Å². The number of ether oxygens (including phenoxy) is 1. The summed E-state index contributed by atoms with van der Waals surface area (Å²) in [4.78, 5) is 0. The van der Waals surface area contributed by atoms with E-state index < -0.39 is 0 Å². The summed E-state index contributed by atoms with van der Waals surface area (Å²) in [5, 5.41) is 7.03. The molecule has 0 saturated carbocycles. The highest BCUT2D eigenvalue weighted by Crippen LogP contribution is 2.14. The maximum absolute atomic E-state index is 5.63. The minimum Gasteiger partial charge on any atom is -0.491 e. The fourth-order valence-corrected chi connectivity index (χ4v) is 2.33. The van der Waals surface area contributed by atoms with Crippen LogP contribution in [0.4, 0.5) is 5.69 Å². The van der Waals surface area contributed by atoms with E-state index in [2.05, 4.69) is 29.7 Å². The number of rotatable bonds is 6. The van der Waals surface area contributed by atoms with Crippen molar-refractivity contribution in [1.82, 2.24) is 5.32 Å².